The molecule has 4 rings (SSSR count). The summed E-state index contributed by atoms with van der Waals surface area (Å²) in [5, 5.41) is 11.8. The summed E-state index contributed by atoms with van der Waals surface area (Å²) >= 11 is 0. The number of carbonyl (C=O) groups is 4. The van der Waals surface area contributed by atoms with Crippen molar-refractivity contribution in [3.63, 3.8) is 0 Å². The van der Waals surface area contributed by atoms with Gasteiger partial charge in [0, 0.05) is 30.5 Å². The fraction of sp³-hybridized carbons (Fsp3) is 0.342. The number of benzene rings is 3. The van der Waals surface area contributed by atoms with Gasteiger partial charge in [0.05, 0.1) is 31.0 Å². The third-order valence-corrected chi connectivity index (χ3v) is 8.14. The number of H-pyrrole nitrogens is 1. The molecule has 3 aromatic carbocycles. The highest BCUT2D eigenvalue weighted by molar-refractivity contribution is 5.93. The van der Waals surface area contributed by atoms with Gasteiger partial charge in [-0.25, -0.2) is 4.98 Å². The number of rotatable bonds is 13. The van der Waals surface area contributed by atoms with E-state index < -0.39 is 24.0 Å². The number of hydrogen-bond donors (Lipinski definition) is 3. The summed E-state index contributed by atoms with van der Waals surface area (Å²) in [6.07, 6.45) is 2.78. The zero-order valence-electron chi connectivity index (χ0n) is 29.3. The van der Waals surface area contributed by atoms with Gasteiger partial charge in [0.2, 0.25) is 5.91 Å². The molecule has 1 heterocycles. The molecular formula is C38H47N5O6. The zero-order chi connectivity index (χ0) is 36.4. The molecule has 0 aliphatic rings. The summed E-state index contributed by atoms with van der Waals surface area (Å²) in [6, 6.07) is 16.7. The SMILES string of the molecule is CC(=O)CC(C)C.COc1ccc(CN(C(=O)[C@@H]([NH3+])Cc2c(C)cc(C(N)=O)cc2C)[C@@H](C)c2ncc(-c3ccccc3)[nH]2)cc1C(=O)[O-]. The van der Waals surface area contributed by atoms with Crippen LogP contribution in [0.25, 0.3) is 11.3 Å². The number of ether oxygens (including phenoxy) is 1. The Bertz CT molecular complexity index is 1760. The Balaban J connectivity index is 0.000000838. The molecule has 2 amide bonds. The molecule has 4 aromatic rings. The molecule has 6 N–H and O–H groups in total. The maximum absolute atomic E-state index is 14.1. The number of ketones is 1. The summed E-state index contributed by atoms with van der Waals surface area (Å²) in [5.41, 5.74) is 14.9. The number of nitrogens with one attached hydrogen (secondary N) is 1. The van der Waals surface area contributed by atoms with Crippen molar-refractivity contribution in [2.75, 3.05) is 7.11 Å². The molecule has 0 spiro atoms. The molecule has 0 radical (unpaired) electrons. The largest absolute Gasteiger partial charge is 0.545 e. The van der Waals surface area contributed by atoms with Crippen LogP contribution in [0.3, 0.4) is 0 Å². The van der Waals surface area contributed by atoms with Gasteiger partial charge in [0.1, 0.15) is 17.4 Å². The molecule has 1 aromatic heterocycles. The molecule has 2 atom stereocenters. The number of carbonyl (C=O) groups excluding carboxylic acids is 4. The number of methoxy groups -OCH3 is 1. The average molecular weight is 670 g/mol. The number of aromatic carboxylic acids is 1. The molecule has 49 heavy (non-hydrogen) atoms. The van der Waals surface area contributed by atoms with Crippen molar-refractivity contribution in [2.45, 2.75) is 73.0 Å². The molecule has 0 saturated carbocycles. The Morgan fingerprint density at radius 2 is 1.63 bits per heavy atom. The number of carboxylic acid groups (broad SMARTS) is 1. The predicted molar refractivity (Wildman–Crippen MR) is 185 cm³/mol. The number of hydrogen-bond acceptors (Lipinski definition) is 7. The summed E-state index contributed by atoms with van der Waals surface area (Å²) in [6.45, 7) is 11.4. The molecule has 0 aliphatic carbocycles. The lowest BCUT2D eigenvalue weighted by Gasteiger charge is -2.30. The first-order valence-corrected chi connectivity index (χ1v) is 16.1. The van der Waals surface area contributed by atoms with Crippen LogP contribution >= 0.6 is 0 Å². The van der Waals surface area contributed by atoms with Gasteiger partial charge >= 0.3 is 0 Å². The number of nitrogens with zero attached hydrogens (tertiary/aromatic N) is 2. The van der Waals surface area contributed by atoms with E-state index in [1.54, 1.807) is 42.3 Å². The van der Waals surface area contributed by atoms with E-state index in [4.69, 9.17) is 10.5 Å². The van der Waals surface area contributed by atoms with Crippen LogP contribution < -0.4 is 21.3 Å². The number of Topliss-reactive ketones (excluding diaryl/α,β-unsaturated/α-hetero) is 1. The molecule has 11 heteroatoms. The van der Waals surface area contributed by atoms with E-state index in [2.05, 4.69) is 15.7 Å². The Labute approximate surface area is 287 Å². The fourth-order valence-electron chi connectivity index (χ4n) is 5.68. The van der Waals surface area contributed by atoms with Crippen LogP contribution in [0.15, 0.2) is 66.9 Å². The van der Waals surface area contributed by atoms with Crippen molar-refractivity contribution in [1.82, 2.24) is 14.9 Å². The zero-order valence-corrected chi connectivity index (χ0v) is 29.3. The number of primary amides is 1. The normalized spacial score (nSPS) is 12.0. The molecule has 11 nitrogen and oxygen atoms in total. The van der Waals surface area contributed by atoms with Crippen molar-refractivity contribution in [3.8, 4) is 17.0 Å². The topological polar surface area (TPSA) is 186 Å². The number of carboxylic acids is 1. The lowest BCUT2D eigenvalue weighted by atomic mass is 9.93. The second kappa shape index (κ2) is 17.2. The lowest BCUT2D eigenvalue weighted by molar-refractivity contribution is -0.405. The highest BCUT2D eigenvalue weighted by Crippen LogP contribution is 2.27. The van der Waals surface area contributed by atoms with Crippen LogP contribution in [0.4, 0.5) is 0 Å². The first kappa shape index (κ1) is 38.2. The van der Waals surface area contributed by atoms with Crippen molar-refractivity contribution < 1.29 is 34.8 Å². The average Bonchev–Trinajstić information content (AvgIpc) is 3.55. The Hall–Kier alpha value is -5.29. The van der Waals surface area contributed by atoms with Gasteiger partial charge in [-0.3, -0.25) is 9.59 Å². The maximum Gasteiger partial charge on any atom is 0.281 e. The van der Waals surface area contributed by atoms with Crippen molar-refractivity contribution in [3.05, 3.63) is 106 Å². The second-order valence-corrected chi connectivity index (χ2v) is 12.7. The quantitative estimate of drug-likeness (QED) is 0.194. The van der Waals surface area contributed by atoms with Crippen molar-refractivity contribution >= 4 is 23.6 Å². The minimum absolute atomic E-state index is 0.0935. The van der Waals surface area contributed by atoms with E-state index in [1.165, 1.54) is 13.2 Å². The Morgan fingerprint density at radius 3 is 2.14 bits per heavy atom. The third kappa shape index (κ3) is 10.3. The van der Waals surface area contributed by atoms with E-state index in [0.717, 1.165) is 34.4 Å². The standard InChI is InChI=1S/C32H35N5O5.C6H12O/c1-18-12-23(29(34)38)13-19(2)24(18)15-26(33)31(39)37(17-21-10-11-28(42-4)25(14-21)32(40)41)20(3)30-35-16-27(36-30)22-8-6-5-7-9-22;1-5(2)4-6(3)7/h5-14,16,20,26H,15,17,33H2,1-4H3,(H2,34,38)(H,35,36)(H,40,41);5H,4H2,1-3H3/t20-,26-;/m0./s1. The minimum atomic E-state index is -1.38. The van der Waals surface area contributed by atoms with E-state index in [9.17, 15) is 24.3 Å². The van der Waals surface area contributed by atoms with Gasteiger partial charge in [-0.1, -0.05) is 50.2 Å². The molecule has 0 aliphatic heterocycles. The number of nitrogens with two attached hydrogens (primary N) is 1. The second-order valence-electron chi connectivity index (χ2n) is 12.7. The van der Waals surface area contributed by atoms with Crippen LogP contribution in [0.2, 0.25) is 0 Å². The molecule has 0 unspecified atom stereocenters. The van der Waals surface area contributed by atoms with E-state index in [-0.39, 0.29) is 29.5 Å². The van der Waals surface area contributed by atoms with E-state index in [0.29, 0.717) is 29.3 Å². The van der Waals surface area contributed by atoms with Gasteiger partial charge in [0.15, 0.2) is 6.04 Å². The molecule has 0 bridgehead atoms. The van der Waals surface area contributed by atoms with Gasteiger partial charge in [-0.05, 0) is 85.7 Å². The summed E-state index contributed by atoms with van der Waals surface area (Å²) in [5.74, 6) is -0.585. The van der Waals surface area contributed by atoms with Crippen molar-refractivity contribution in [1.29, 1.82) is 0 Å². The maximum atomic E-state index is 14.1. The highest BCUT2D eigenvalue weighted by atomic mass is 16.5. The first-order chi connectivity index (χ1) is 23.1. The summed E-state index contributed by atoms with van der Waals surface area (Å²) in [4.78, 5) is 57.3. The predicted octanol–water partition coefficient (Wildman–Crippen LogP) is 3.73. The van der Waals surface area contributed by atoms with Gasteiger partial charge in [-0.2, -0.15) is 0 Å². The fourth-order valence-corrected chi connectivity index (χ4v) is 5.68. The smallest absolute Gasteiger partial charge is 0.281 e. The van der Waals surface area contributed by atoms with Crippen LogP contribution in [-0.4, -0.2) is 51.6 Å². The van der Waals surface area contributed by atoms with E-state index in [1.807, 2.05) is 65.0 Å². The van der Waals surface area contributed by atoms with Crippen LogP contribution in [0.5, 0.6) is 5.75 Å². The van der Waals surface area contributed by atoms with Crippen LogP contribution in [0, 0.1) is 19.8 Å². The third-order valence-electron chi connectivity index (χ3n) is 8.14. The number of aromatic amines is 1. The van der Waals surface area contributed by atoms with Crippen molar-refractivity contribution in [2.24, 2.45) is 11.7 Å². The number of amides is 2. The Morgan fingerprint density at radius 1 is 1.00 bits per heavy atom. The highest BCUT2D eigenvalue weighted by Gasteiger charge is 2.31. The first-order valence-electron chi connectivity index (χ1n) is 16.1. The lowest BCUT2D eigenvalue weighted by Crippen LogP contribution is -2.69. The van der Waals surface area contributed by atoms with Gasteiger partial charge < -0.3 is 40.8 Å². The van der Waals surface area contributed by atoms with Crippen LogP contribution in [-0.2, 0) is 22.6 Å². The van der Waals surface area contributed by atoms with Gasteiger partial charge in [0.25, 0.3) is 5.91 Å². The van der Waals surface area contributed by atoms with E-state index >= 15 is 0 Å². The monoisotopic (exact) mass is 669 g/mol. The number of quaternary nitrogens is 1. The number of aryl methyl sites for hydroxylation is 2. The summed E-state index contributed by atoms with van der Waals surface area (Å²) < 4.78 is 5.17. The number of imidazole rings is 1. The molecule has 0 fully saturated rings. The number of aromatic nitrogens is 2. The van der Waals surface area contributed by atoms with Crippen LogP contribution in [0.1, 0.15) is 89.0 Å². The molecular weight excluding hydrogens is 622 g/mol. The van der Waals surface area contributed by atoms with Gasteiger partial charge in [-0.15, -0.1) is 0 Å². The minimum Gasteiger partial charge on any atom is -0.545 e. The Kier molecular flexibility index (Phi) is 13.4. The molecule has 0 saturated heterocycles. The molecule has 260 valence electrons. The summed E-state index contributed by atoms with van der Waals surface area (Å²) in [7, 11) is 1.38.